The number of carbonyl (C=O) groups is 2. The maximum absolute atomic E-state index is 12.5. The first kappa shape index (κ1) is 19.8. The molecule has 4 rings (SSSR count). The van der Waals surface area contributed by atoms with E-state index in [2.05, 4.69) is 60.4 Å². The van der Waals surface area contributed by atoms with Gasteiger partial charge in [0.2, 0.25) is 5.91 Å². The Morgan fingerprint density at radius 2 is 1.77 bits per heavy atom. The molecule has 0 radical (unpaired) electrons. The Morgan fingerprint density at radius 1 is 1.03 bits per heavy atom. The zero-order valence-electron chi connectivity index (χ0n) is 17.3. The van der Waals surface area contributed by atoms with Crippen LogP contribution >= 0.6 is 0 Å². The third kappa shape index (κ3) is 4.10. The fourth-order valence-electron chi connectivity index (χ4n) is 3.81. The largest absolute Gasteiger partial charge is 0.340 e. The van der Waals surface area contributed by atoms with Crippen LogP contribution in [-0.4, -0.2) is 53.3 Å². The molecule has 0 spiro atoms. The summed E-state index contributed by atoms with van der Waals surface area (Å²) in [5.74, 6) is 0.127. The van der Waals surface area contributed by atoms with E-state index >= 15 is 0 Å². The molecule has 30 heavy (non-hydrogen) atoms. The zero-order valence-corrected chi connectivity index (χ0v) is 17.3. The molecular weight excluding hydrogens is 374 g/mol. The summed E-state index contributed by atoms with van der Waals surface area (Å²) in [6, 6.07) is 20.4. The van der Waals surface area contributed by atoms with E-state index in [1.165, 1.54) is 33.4 Å². The predicted octanol–water partition coefficient (Wildman–Crippen LogP) is 3.76. The van der Waals surface area contributed by atoms with E-state index in [9.17, 15) is 9.59 Å². The van der Waals surface area contributed by atoms with E-state index in [0.717, 1.165) is 0 Å². The van der Waals surface area contributed by atoms with Crippen molar-refractivity contribution in [3.63, 3.8) is 0 Å². The summed E-state index contributed by atoms with van der Waals surface area (Å²) in [6.07, 6.45) is 3.14. The van der Waals surface area contributed by atoms with Gasteiger partial charge >= 0.3 is 0 Å². The van der Waals surface area contributed by atoms with E-state index in [1.807, 2.05) is 4.90 Å². The van der Waals surface area contributed by atoms with E-state index in [0.29, 0.717) is 24.6 Å². The van der Waals surface area contributed by atoms with Gasteiger partial charge in [-0.25, -0.2) is 0 Å². The predicted molar refractivity (Wildman–Crippen MR) is 117 cm³/mol. The smallest absolute Gasteiger partial charge is 0.255 e. The van der Waals surface area contributed by atoms with Gasteiger partial charge in [-0.2, -0.15) is 0 Å². The number of hydrogen-bond donors (Lipinski definition) is 0. The minimum atomic E-state index is -0.194. The normalized spacial score (nSPS) is 13.6. The summed E-state index contributed by atoms with van der Waals surface area (Å²) in [6.45, 7) is 3.58. The molecular formula is C25H25N3O2. The van der Waals surface area contributed by atoms with Crippen molar-refractivity contribution in [2.24, 2.45) is 0 Å². The Labute approximate surface area is 177 Å². The van der Waals surface area contributed by atoms with Gasteiger partial charge in [-0.15, -0.1) is 0 Å². The quantitative estimate of drug-likeness (QED) is 0.657. The summed E-state index contributed by atoms with van der Waals surface area (Å²) in [7, 11) is 1.65. The number of aromatic nitrogens is 1. The lowest BCUT2D eigenvalue weighted by Gasteiger charge is -2.40. The highest BCUT2D eigenvalue weighted by atomic mass is 16.2. The fourth-order valence-corrected chi connectivity index (χ4v) is 3.81. The molecule has 1 aromatic heterocycles. The molecule has 5 nitrogen and oxygen atoms in total. The SMILES string of the molecule is Cc1ccccc1-c1ccc(C2CN(C(=O)CN(C)C(=O)c3cccnc3)C2)cc1. The first-order chi connectivity index (χ1) is 14.5. The number of benzene rings is 2. The van der Waals surface area contributed by atoms with Crippen LogP contribution in [0.25, 0.3) is 11.1 Å². The molecule has 0 atom stereocenters. The lowest BCUT2D eigenvalue weighted by atomic mass is 9.89. The van der Waals surface area contributed by atoms with Crippen molar-refractivity contribution in [3.8, 4) is 11.1 Å². The highest BCUT2D eigenvalue weighted by Crippen LogP contribution is 2.30. The number of amides is 2. The molecule has 0 N–H and O–H groups in total. The van der Waals surface area contributed by atoms with Crippen LogP contribution in [0.3, 0.4) is 0 Å². The fraction of sp³-hybridized carbons (Fsp3) is 0.240. The number of likely N-dealkylation sites (N-methyl/N-ethyl adjacent to an activating group) is 1. The number of likely N-dealkylation sites (tertiary alicyclic amines) is 1. The van der Waals surface area contributed by atoms with Crippen molar-refractivity contribution in [1.82, 2.24) is 14.8 Å². The molecule has 1 aliphatic rings. The highest BCUT2D eigenvalue weighted by molar-refractivity contribution is 5.96. The van der Waals surface area contributed by atoms with Crippen molar-refractivity contribution < 1.29 is 9.59 Å². The van der Waals surface area contributed by atoms with Gasteiger partial charge < -0.3 is 9.80 Å². The van der Waals surface area contributed by atoms with Gasteiger partial charge in [0.15, 0.2) is 0 Å². The van der Waals surface area contributed by atoms with Gasteiger partial charge in [0, 0.05) is 38.4 Å². The Kier molecular flexibility index (Phi) is 5.61. The molecule has 1 saturated heterocycles. The summed E-state index contributed by atoms with van der Waals surface area (Å²) in [4.78, 5) is 32.1. The number of aryl methyl sites for hydroxylation is 1. The average Bonchev–Trinajstić information content (AvgIpc) is 2.73. The molecule has 0 unspecified atom stereocenters. The van der Waals surface area contributed by atoms with Crippen LogP contribution in [0.15, 0.2) is 73.1 Å². The number of pyridine rings is 1. The molecule has 0 saturated carbocycles. The molecule has 2 aromatic carbocycles. The number of rotatable bonds is 5. The third-order valence-electron chi connectivity index (χ3n) is 5.70. The number of hydrogen-bond acceptors (Lipinski definition) is 3. The van der Waals surface area contributed by atoms with Gasteiger partial charge in [-0.3, -0.25) is 14.6 Å². The molecule has 1 aliphatic heterocycles. The second-order valence-corrected chi connectivity index (χ2v) is 7.84. The Hall–Kier alpha value is -3.47. The van der Waals surface area contributed by atoms with E-state index in [1.54, 1.807) is 25.4 Å². The molecule has 5 heteroatoms. The Bertz CT molecular complexity index is 1040. The van der Waals surface area contributed by atoms with Gasteiger partial charge in [0.1, 0.15) is 0 Å². The topological polar surface area (TPSA) is 53.5 Å². The molecule has 0 aliphatic carbocycles. The minimum absolute atomic E-state index is 0.0254. The van der Waals surface area contributed by atoms with Crippen LogP contribution in [0, 0.1) is 6.92 Å². The Balaban J connectivity index is 1.32. The van der Waals surface area contributed by atoms with Crippen LogP contribution in [0.1, 0.15) is 27.4 Å². The van der Waals surface area contributed by atoms with Gasteiger partial charge in [0.05, 0.1) is 12.1 Å². The second-order valence-electron chi connectivity index (χ2n) is 7.84. The first-order valence-corrected chi connectivity index (χ1v) is 10.1. The van der Waals surface area contributed by atoms with E-state index < -0.39 is 0 Å². The Morgan fingerprint density at radius 3 is 2.43 bits per heavy atom. The number of carbonyl (C=O) groups excluding carboxylic acids is 2. The molecule has 152 valence electrons. The molecule has 2 amide bonds. The average molecular weight is 399 g/mol. The molecule has 3 aromatic rings. The molecule has 0 bridgehead atoms. The van der Waals surface area contributed by atoms with Crippen LogP contribution in [-0.2, 0) is 4.79 Å². The zero-order chi connectivity index (χ0) is 21.1. The summed E-state index contributed by atoms with van der Waals surface area (Å²) in [5, 5.41) is 0. The van der Waals surface area contributed by atoms with Crippen molar-refractivity contribution in [2.75, 3.05) is 26.7 Å². The first-order valence-electron chi connectivity index (χ1n) is 10.1. The van der Waals surface area contributed by atoms with Gasteiger partial charge in [0.25, 0.3) is 5.91 Å². The van der Waals surface area contributed by atoms with Crippen molar-refractivity contribution in [3.05, 3.63) is 89.7 Å². The van der Waals surface area contributed by atoms with Crippen LogP contribution in [0.2, 0.25) is 0 Å². The van der Waals surface area contributed by atoms with Gasteiger partial charge in [-0.05, 0) is 41.3 Å². The van der Waals surface area contributed by atoms with Crippen molar-refractivity contribution in [1.29, 1.82) is 0 Å². The second kappa shape index (κ2) is 8.49. The van der Waals surface area contributed by atoms with Crippen LogP contribution in [0.4, 0.5) is 0 Å². The molecule has 1 fully saturated rings. The van der Waals surface area contributed by atoms with Crippen molar-refractivity contribution in [2.45, 2.75) is 12.8 Å². The summed E-state index contributed by atoms with van der Waals surface area (Å²) >= 11 is 0. The maximum Gasteiger partial charge on any atom is 0.255 e. The lowest BCUT2D eigenvalue weighted by molar-refractivity contribution is -0.136. The van der Waals surface area contributed by atoms with E-state index in [-0.39, 0.29) is 18.4 Å². The highest BCUT2D eigenvalue weighted by Gasteiger charge is 2.32. The third-order valence-corrected chi connectivity index (χ3v) is 5.70. The van der Waals surface area contributed by atoms with E-state index in [4.69, 9.17) is 0 Å². The monoisotopic (exact) mass is 399 g/mol. The summed E-state index contributed by atoms with van der Waals surface area (Å²) in [5.41, 5.74) is 5.45. The lowest BCUT2D eigenvalue weighted by Crippen LogP contribution is -2.52. The van der Waals surface area contributed by atoms with Crippen LogP contribution in [0.5, 0.6) is 0 Å². The summed E-state index contributed by atoms with van der Waals surface area (Å²) < 4.78 is 0. The van der Waals surface area contributed by atoms with Crippen LogP contribution < -0.4 is 0 Å². The van der Waals surface area contributed by atoms with Gasteiger partial charge in [-0.1, -0.05) is 48.5 Å². The standard InChI is InChI=1S/C25H25N3O2/c1-18-6-3-4-8-23(18)20-11-9-19(10-12-20)22-15-28(16-22)24(29)17-27(2)25(30)21-7-5-13-26-14-21/h3-14,22H,15-17H2,1-2H3. The minimum Gasteiger partial charge on any atom is -0.340 e. The molecule has 2 heterocycles. The maximum atomic E-state index is 12.5. The van der Waals surface area contributed by atoms with Crippen molar-refractivity contribution >= 4 is 11.8 Å². The number of nitrogens with zero attached hydrogens (tertiary/aromatic N) is 3.